The Balaban J connectivity index is 1.71. The largest absolute Gasteiger partial charge is 0.481 e. The Kier molecular flexibility index (Phi) is 7.03. The van der Waals surface area contributed by atoms with Crippen LogP contribution in [0.3, 0.4) is 0 Å². The van der Waals surface area contributed by atoms with Crippen molar-refractivity contribution in [3.8, 4) is 11.8 Å². The molecule has 1 fully saturated rings. The standard InChI is InChI=1S/C22H21N3O5/c23-14-17(13-16-3-1-2-4-20(16)30-15-21(26)27)22(28)24-18-5-7-19(8-6-18)25-9-11-29-12-10-25/h1-8,13H,9-12,15H2,(H,24,28)(H,26,27)/b17-13+. The fourth-order valence-corrected chi connectivity index (χ4v) is 2.95. The van der Waals surface area contributed by atoms with E-state index in [0.717, 1.165) is 18.8 Å². The number of hydrogen-bond donors (Lipinski definition) is 2. The summed E-state index contributed by atoms with van der Waals surface area (Å²) in [6.07, 6.45) is 1.37. The van der Waals surface area contributed by atoms with Crippen LogP contribution in [0.25, 0.3) is 6.08 Å². The lowest BCUT2D eigenvalue weighted by molar-refractivity contribution is -0.139. The molecule has 1 saturated heterocycles. The number of rotatable bonds is 7. The summed E-state index contributed by atoms with van der Waals surface area (Å²) in [5, 5.41) is 20.9. The van der Waals surface area contributed by atoms with E-state index in [4.69, 9.17) is 14.6 Å². The van der Waals surface area contributed by atoms with Gasteiger partial charge in [-0.05, 0) is 36.4 Å². The Labute approximate surface area is 173 Å². The number of benzene rings is 2. The molecule has 0 bridgehead atoms. The Bertz CT molecular complexity index is 973. The maximum atomic E-state index is 12.5. The monoisotopic (exact) mass is 407 g/mol. The van der Waals surface area contributed by atoms with Gasteiger partial charge in [0.1, 0.15) is 17.4 Å². The summed E-state index contributed by atoms with van der Waals surface area (Å²) in [5.74, 6) is -1.41. The number of carboxylic acid groups (broad SMARTS) is 1. The Morgan fingerprint density at radius 3 is 2.53 bits per heavy atom. The summed E-state index contributed by atoms with van der Waals surface area (Å²) in [5.41, 5.74) is 1.91. The van der Waals surface area contributed by atoms with Crippen molar-refractivity contribution in [2.24, 2.45) is 0 Å². The summed E-state index contributed by atoms with van der Waals surface area (Å²) in [4.78, 5) is 25.5. The lowest BCUT2D eigenvalue weighted by Gasteiger charge is -2.28. The average Bonchev–Trinajstić information content (AvgIpc) is 2.77. The van der Waals surface area contributed by atoms with Crippen LogP contribution in [-0.2, 0) is 14.3 Å². The van der Waals surface area contributed by atoms with Crippen molar-refractivity contribution in [3.05, 3.63) is 59.7 Å². The van der Waals surface area contributed by atoms with Gasteiger partial charge in [0.2, 0.25) is 0 Å². The van der Waals surface area contributed by atoms with Gasteiger partial charge in [0.25, 0.3) is 5.91 Å². The van der Waals surface area contributed by atoms with Gasteiger partial charge in [-0.3, -0.25) is 4.79 Å². The highest BCUT2D eigenvalue weighted by atomic mass is 16.5. The Morgan fingerprint density at radius 1 is 1.17 bits per heavy atom. The van der Waals surface area contributed by atoms with Gasteiger partial charge in [0.15, 0.2) is 6.61 Å². The van der Waals surface area contributed by atoms with Gasteiger partial charge in [0, 0.05) is 30.0 Å². The van der Waals surface area contributed by atoms with E-state index in [2.05, 4.69) is 10.2 Å². The number of nitrogens with one attached hydrogen (secondary N) is 1. The minimum absolute atomic E-state index is 0.126. The van der Waals surface area contributed by atoms with E-state index in [1.54, 1.807) is 36.4 Å². The third kappa shape index (κ3) is 5.59. The highest BCUT2D eigenvalue weighted by Gasteiger charge is 2.14. The van der Waals surface area contributed by atoms with Gasteiger partial charge in [0.05, 0.1) is 13.2 Å². The zero-order valence-corrected chi connectivity index (χ0v) is 16.2. The molecular weight excluding hydrogens is 386 g/mol. The van der Waals surface area contributed by atoms with Gasteiger partial charge in [-0.15, -0.1) is 0 Å². The number of hydrogen-bond acceptors (Lipinski definition) is 6. The second-order valence-corrected chi connectivity index (χ2v) is 6.49. The number of carbonyl (C=O) groups is 2. The van der Waals surface area contributed by atoms with E-state index in [1.807, 2.05) is 18.2 Å². The van der Waals surface area contributed by atoms with Crippen molar-refractivity contribution in [3.63, 3.8) is 0 Å². The van der Waals surface area contributed by atoms with E-state index < -0.39 is 18.5 Å². The predicted octanol–water partition coefficient (Wildman–Crippen LogP) is 2.53. The van der Waals surface area contributed by atoms with Crippen LogP contribution in [0.1, 0.15) is 5.56 Å². The SMILES string of the molecule is N#C/C(=C\c1ccccc1OCC(=O)O)C(=O)Nc1ccc(N2CCOCC2)cc1. The highest BCUT2D eigenvalue weighted by Crippen LogP contribution is 2.22. The molecule has 154 valence electrons. The first-order valence-corrected chi connectivity index (χ1v) is 9.36. The number of anilines is 2. The molecule has 0 aliphatic carbocycles. The van der Waals surface area contributed by atoms with Crippen molar-refractivity contribution in [2.75, 3.05) is 43.1 Å². The molecular formula is C22H21N3O5. The number of morpholine rings is 1. The van der Waals surface area contributed by atoms with Crippen molar-refractivity contribution >= 4 is 29.3 Å². The molecule has 0 radical (unpaired) electrons. The Hall–Kier alpha value is -3.83. The first-order chi connectivity index (χ1) is 14.6. The molecule has 1 aliphatic rings. The molecule has 0 saturated carbocycles. The molecule has 8 nitrogen and oxygen atoms in total. The molecule has 1 amide bonds. The third-order valence-electron chi connectivity index (χ3n) is 4.44. The molecule has 0 unspecified atom stereocenters. The maximum Gasteiger partial charge on any atom is 0.341 e. The van der Waals surface area contributed by atoms with Crippen LogP contribution < -0.4 is 15.0 Å². The maximum absolute atomic E-state index is 12.5. The highest BCUT2D eigenvalue weighted by molar-refractivity contribution is 6.09. The fraction of sp³-hybridized carbons (Fsp3) is 0.227. The summed E-state index contributed by atoms with van der Waals surface area (Å²) in [6, 6.07) is 15.9. The number of nitrogens with zero attached hydrogens (tertiary/aromatic N) is 2. The molecule has 1 heterocycles. The molecule has 0 atom stereocenters. The van der Waals surface area contributed by atoms with Crippen LogP contribution in [0.5, 0.6) is 5.75 Å². The number of ether oxygens (including phenoxy) is 2. The van der Waals surface area contributed by atoms with E-state index in [-0.39, 0.29) is 11.3 Å². The number of carbonyl (C=O) groups excluding carboxylic acids is 1. The zero-order valence-electron chi connectivity index (χ0n) is 16.2. The van der Waals surface area contributed by atoms with Crippen LogP contribution in [0.4, 0.5) is 11.4 Å². The van der Waals surface area contributed by atoms with E-state index in [9.17, 15) is 14.9 Å². The molecule has 1 aliphatic heterocycles. The van der Waals surface area contributed by atoms with Gasteiger partial charge >= 0.3 is 5.97 Å². The summed E-state index contributed by atoms with van der Waals surface area (Å²) >= 11 is 0. The summed E-state index contributed by atoms with van der Waals surface area (Å²) < 4.78 is 10.6. The third-order valence-corrected chi connectivity index (χ3v) is 4.44. The molecule has 0 aromatic heterocycles. The van der Waals surface area contributed by atoms with Gasteiger partial charge in [-0.2, -0.15) is 5.26 Å². The van der Waals surface area contributed by atoms with Crippen LogP contribution >= 0.6 is 0 Å². The van der Waals surface area contributed by atoms with Crippen LogP contribution in [0.2, 0.25) is 0 Å². The molecule has 2 aromatic carbocycles. The van der Waals surface area contributed by atoms with Crippen LogP contribution in [0.15, 0.2) is 54.1 Å². The number of aliphatic carboxylic acids is 1. The second-order valence-electron chi connectivity index (χ2n) is 6.49. The lowest BCUT2D eigenvalue weighted by Crippen LogP contribution is -2.36. The first kappa shape index (κ1) is 20.9. The number of amides is 1. The van der Waals surface area contributed by atoms with E-state index in [0.29, 0.717) is 24.5 Å². The van der Waals surface area contributed by atoms with E-state index in [1.165, 1.54) is 6.08 Å². The molecule has 3 rings (SSSR count). The van der Waals surface area contributed by atoms with Gasteiger partial charge in [-0.1, -0.05) is 18.2 Å². The van der Waals surface area contributed by atoms with Crippen molar-refractivity contribution in [2.45, 2.75) is 0 Å². The number of nitriles is 1. The minimum Gasteiger partial charge on any atom is -0.481 e. The van der Waals surface area contributed by atoms with Gasteiger partial charge in [-0.25, -0.2) is 4.79 Å². The number of para-hydroxylation sites is 1. The van der Waals surface area contributed by atoms with Crippen LogP contribution in [0, 0.1) is 11.3 Å². The summed E-state index contributed by atoms with van der Waals surface area (Å²) in [7, 11) is 0. The van der Waals surface area contributed by atoms with Crippen LogP contribution in [-0.4, -0.2) is 49.9 Å². The average molecular weight is 407 g/mol. The second kappa shape index (κ2) is 10.1. The quantitative estimate of drug-likeness (QED) is 0.536. The minimum atomic E-state index is -1.12. The molecule has 2 aromatic rings. The van der Waals surface area contributed by atoms with E-state index >= 15 is 0 Å². The van der Waals surface area contributed by atoms with Crippen molar-refractivity contribution in [1.82, 2.24) is 0 Å². The smallest absolute Gasteiger partial charge is 0.341 e. The summed E-state index contributed by atoms with van der Waals surface area (Å²) in [6.45, 7) is 2.49. The zero-order chi connectivity index (χ0) is 21.3. The fourth-order valence-electron chi connectivity index (χ4n) is 2.95. The van der Waals surface area contributed by atoms with Gasteiger partial charge < -0.3 is 24.8 Å². The Morgan fingerprint density at radius 2 is 1.87 bits per heavy atom. The van der Waals surface area contributed by atoms with Crippen molar-refractivity contribution < 1.29 is 24.2 Å². The molecule has 2 N–H and O–H groups in total. The normalized spacial score (nSPS) is 14.0. The topological polar surface area (TPSA) is 112 Å². The van der Waals surface area contributed by atoms with Crippen molar-refractivity contribution in [1.29, 1.82) is 5.26 Å². The molecule has 0 spiro atoms. The number of carboxylic acids is 1. The first-order valence-electron chi connectivity index (χ1n) is 9.36. The molecule has 30 heavy (non-hydrogen) atoms. The molecule has 8 heteroatoms. The predicted molar refractivity (Wildman–Crippen MR) is 111 cm³/mol. The lowest BCUT2D eigenvalue weighted by atomic mass is 10.1.